The summed E-state index contributed by atoms with van der Waals surface area (Å²) in [5.74, 6) is 0.259. The van der Waals surface area contributed by atoms with Crippen molar-refractivity contribution in [1.29, 1.82) is 0 Å². The summed E-state index contributed by atoms with van der Waals surface area (Å²) in [4.78, 5) is 16.3. The van der Waals surface area contributed by atoms with E-state index in [-0.39, 0.29) is 5.91 Å². The van der Waals surface area contributed by atoms with Crippen LogP contribution in [-0.2, 0) is 0 Å². The van der Waals surface area contributed by atoms with Crippen molar-refractivity contribution in [1.82, 2.24) is 4.98 Å². The maximum Gasteiger partial charge on any atom is 0.259 e. The van der Waals surface area contributed by atoms with E-state index in [1.807, 2.05) is 6.07 Å². The van der Waals surface area contributed by atoms with Gasteiger partial charge in [0.25, 0.3) is 5.91 Å². The van der Waals surface area contributed by atoms with Crippen molar-refractivity contribution in [2.24, 2.45) is 0 Å². The number of hydrogen-bond acceptors (Lipinski definition) is 3. The van der Waals surface area contributed by atoms with Crippen molar-refractivity contribution in [3.63, 3.8) is 0 Å². The largest absolute Gasteiger partial charge is 0.372 e. The van der Waals surface area contributed by atoms with E-state index in [1.165, 1.54) is 0 Å². The second-order valence-electron chi connectivity index (χ2n) is 3.73. The fourth-order valence-corrected chi connectivity index (χ4v) is 2.29. The highest BCUT2D eigenvalue weighted by molar-refractivity contribution is 9.10. The molecule has 0 atom stereocenters. The lowest BCUT2D eigenvalue weighted by molar-refractivity contribution is 0.102. The normalized spacial score (nSPS) is 10.1. The summed E-state index contributed by atoms with van der Waals surface area (Å²) < 4.78 is 0.854. The topological polar surface area (TPSA) is 54.0 Å². The van der Waals surface area contributed by atoms with E-state index in [1.54, 1.807) is 37.5 Å². The van der Waals surface area contributed by atoms with Gasteiger partial charge in [0.1, 0.15) is 5.82 Å². The van der Waals surface area contributed by atoms with E-state index in [0.717, 1.165) is 4.47 Å². The van der Waals surface area contributed by atoms with Crippen LogP contribution in [0, 0.1) is 0 Å². The Morgan fingerprint density at radius 3 is 2.84 bits per heavy atom. The zero-order valence-electron chi connectivity index (χ0n) is 10.1. The van der Waals surface area contributed by atoms with Crippen molar-refractivity contribution < 1.29 is 4.79 Å². The number of benzene rings is 1. The highest BCUT2D eigenvalue weighted by Gasteiger charge is 2.12. The average Bonchev–Trinajstić information content (AvgIpc) is 2.41. The van der Waals surface area contributed by atoms with Crippen molar-refractivity contribution in [3.05, 3.63) is 51.6 Å². The number of halogens is 2. The predicted octanol–water partition coefficient (Wildman–Crippen LogP) is 3.79. The van der Waals surface area contributed by atoms with Gasteiger partial charge in [0.15, 0.2) is 0 Å². The summed E-state index contributed by atoms with van der Waals surface area (Å²) in [5.41, 5.74) is 1.02. The number of pyridine rings is 1. The van der Waals surface area contributed by atoms with Crippen molar-refractivity contribution >= 4 is 44.9 Å². The van der Waals surface area contributed by atoms with E-state index in [2.05, 4.69) is 31.5 Å². The summed E-state index contributed by atoms with van der Waals surface area (Å²) in [5, 5.41) is 6.10. The zero-order chi connectivity index (χ0) is 13.8. The third-order valence-corrected chi connectivity index (χ3v) is 3.27. The number of carbonyl (C=O) groups is 1. The monoisotopic (exact) mass is 339 g/mol. The second-order valence-corrected chi connectivity index (χ2v) is 5.05. The van der Waals surface area contributed by atoms with E-state index < -0.39 is 0 Å². The molecule has 0 spiro atoms. The van der Waals surface area contributed by atoms with E-state index in [0.29, 0.717) is 22.1 Å². The fraction of sp³-hybridized carbons (Fsp3) is 0.0769. The lowest BCUT2D eigenvalue weighted by Gasteiger charge is -2.10. The number of rotatable bonds is 3. The quantitative estimate of drug-likeness (QED) is 0.894. The highest BCUT2D eigenvalue weighted by atomic mass is 79.9. The fourth-order valence-electron chi connectivity index (χ4n) is 1.57. The van der Waals surface area contributed by atoms with Crippen LogP contribution in [0.15, 0.2) is 41.0 Å². The van der Waals surface area contributed by atoms with Crippen molar-refractivity contribution in [3.8, 4) is 0 Å². The number of carbonyl (C=O) groups excluding carboxylic acids is 1. The molecular formula is C13H11BrClN3O. The maximum absolute atomic E-state index is 12.2. The van der Waals surface area contributed by atoms with Crippen LogP contribution in [-0.4, -0.2) is 17.9 Å². The highest BCUT2D eigenvalue weighted by Crippen LogP contribution is 2.26. The molecule has 1 aromatic carbocycles. The van der Waals surface area contributed by atoms with Gasteiger partial charge in [-0.2, -0.15) is 0 Å². The lowest BCUT2D eigenvalue weighted by Crippen LogP contribution is -2.14. The third-order valence-electron chi connectivity index (χ3n) is 2.47. The summed E-state index contributed by atoms with van der Waals surface area (Å²) in [6, 6.07) is 8.67. The first-order valence-corrected chi connectivity index (χ1v) is 6.68. The Kier molecular flexibility index (Phi) is 4.39. The first-order chi connectivity index (χ1) is 9.11. The number of hydrogen-bond donors (Lipinski definition) is 2. The molecule has 6 heteroatoms. The summed E-state index contributed by atoms with van der Waals surface area (Å²) >= 11 is 9.37. The molecule has 2 N–H and O–H groups in total. The van der Waals surface area contributed by atoms with Gasteiger partial charge in [-0.15, -0.1) is 0 Å². The van der Waals surface area contributed by atoms with Gasteiger partial charge >= 0.3 is 0 Å². The standard InChI is InChI=1S/C13H11BrClN3O/c1-16-12-9(3-2-6-17-12)13(19)18-11-5-4-8(14)7-10(11)15/h2-7H,1H3,(H,16,17)(H,18,19). The summed E-state index contributed by atoms with van der Waals surface area (Å²) in [6.45, 7) is 0. The smallest absolute Gasteiger partial charge is 0.259 e. The molecule has 0 saturated carbocycles. The molecule has 4 nitrogen and oxygen atoms in total. The van der Waals surface area contributed by atoms with Gasteiger partial charge in [-0.25, -0.2) is 4.98 Å². The molecule has 0 aliphatic heterocycles. The summed E-state index contributed by atoms with van der Waals surface area (Å²) in [6.07, 6.45) is 1.62. The van der Waals surface area contributed by atoms with Crippen LogP contribution in [0.4, 0.5) is 11.5 Å². The molecule has 1 heterocycles. The summed E-state index contributed by atoms with van der Waals surface area (Å²) in [7, 11) is 1.71. The van der Waals surface area contributed by atoms with Crippen LogP contribution in [0.1, 0.15) is 10.4 Å². The molecule has 0 unspecified atom stereocenters. The van der Waals surface area contributed by atoms with Crippen LogP contribution in [0.3, 0.4) is 0 Å². The minimum atomic E-state index is -0.262. The Hall–Kier alpha value is -1.59. The molecule has 0 aliphatic carbocycles. The van der Waals surface area contributed by atoms with Crippen molar-refractivity contribution in [2.75, 3.05) is 17.7 Å². The molecule has 1 amide bonds. The molecule has 0 fully saturated rings. The number of nitrogens with zero attached hydrogens (tertiary/aromatic N) is 1. The first-order valence-electron chi connectivity index (χ1n) is 5.51. The molecule has 2 rings (SSSR count). The average molecular weight is 341 g/mol. The van der Waals surface area contributed by atoms with E-state index in [9.17, 15) is 4.79 Å². The number of anilines is 2. The number of amides is 1. The first kappa shape index (κ1) is 13.8. The van der Waals surface area contributed by atoms with E-state index >= 15 is 0 Å². The molecule has 0 bridgehead atoms. The van der Waals surface area contributed by atoms with Crippen LogP contribution in [0.2, 0.25) is 5.02 Å². The SMILES string of the molecule is CNc1ncccc1C(=O)Nc1ccc(Br)cc1Cl. The number of aromatic nitrogens is 1. The Bertz CT molecular complexity index is 619. The molecule has 1 aromatic heterocycles. The van der Waals surface area contributed by atoms with Gasteiger partial charge in [-0.1, -0.05) is 27.5 Å². The molecule has 0 saturated heterocycles. The predicted molar refractivity (Wildman–Crippen MR) is 80.9 cm³/mol. The molecule has 2 aromatic rings. The zero-order valence-corrected chi connectivity index (χ0v) is 12.4. The second kappa shape index (κ2) is 6.04. The Balaban J connectivity index is 2.26. The minimum Gasteiger partial charge on any atom is -0.372 e. The van der Waals surface area contributed by atoms with Gasteiger partial charge < -0.3 is 10.6 Å². The van der Waals surface area contributed by atoms with Gasteiger partial charge in [-0.3, -0.25) is 4.79 Å². The van der Waals surface area contributed by atoms with E-state index in [4.69, 9.17) is 11.6 Å². The lowest BCUT2D eigenvalue weighted by atomic mass is 10.2. The number of nitrogens with one attached hydrogen (secondary N) is 2. The molecule has 0 radical (unpaired) electrons. The minimum absolute atomic E-state index is 0.262. The molecule has 0 aliphatic rings. The van der Waals surface area contributed by atoms with Gasteiger partial charge in [0, 0.05) is 17.7 Å². The van der Waals surface area contributed by atoms with Gasteiger partial charge in [-0.05, 0) is 30.3 Å². The van der Waals surface area contributed by atoms with Crippen LogP contribution in [0.5, 0.6) is 0 Å². The van der Waals surface area contributed by atoms with Crippen molar-refractivity contribution in [2.45, 2.75) is 0 Å². The Morgan fingerprint density at radius 2 is 2.16 bits per heavy atom. The van der Waals surface area contributed by atoms with Crippen LogP contribution < -0.4 is 10.6 Å². The maximum atomic E-state index is 12.2. The molecule has 98 valence electrons. The van der Waals surface area contributed by atoms with Crippen LogP contribution in [0.25, 0.3) is 0 Å². The third kappa shape index (κ3) is 3.24. The van der Waals surface area contributed by atoms with Gasteiger partial charge in [0.05, 0.1) is 16.3 Å². The Labute approximate surface area is 124 Å². The molecular weight excluding hydrogens is 330 g/mol. The van der Waals surface area contributed by atoms with Crippen LogP contribution >= 0.6 is 27.5 Å². The molecule has 19 heavy (non-hydrogen) atoms. The Morgan fingerprint density at radius 1 is 1.37 bits per heavy atom. The van der Waals surface area contributed by atoms with Gasteiger partial charge in [0.2, 0.25) is 0 Å².